The molecule has 0 unspecified atom stereocenters. The van der Waals surface area contributed by atoms with Gasteiger partial charge in [0.15, 0.2) is 5.65 Å². The SMILES string of the molecule is CNc1ncccn1.COCCOc1cc(-c2cn3ncccc3n2)cc(-c2noc(C=O)n2)c1. The van der Waals surface area contributed by atoms with Crippen LogP contribution in [0.5, 0.6) is 5.75 Å². The van der Waals surface area contributed by atoms with Crippen LogP contribution in [-0.2, 0) is 4.74 Å². The third-order valence-electron chi connectivity index (χ3n) is 4.59. The van der Waals surface area contributed by atoms with Crippen LogP contribution in [0.4, 0.5) is 5.95 Å². The van der Waals surface area contributed by atoms with Crippen LogP contribution in [0, 0.1) is 0 Å². The normalized spacial score (nSPS) is 10.5. The number of nitrogens with zero attached hydrogens (tertiary/aromatic N) is 7. The summed E-state index contributed by atoms with van der Waals surface area (Å²) in [6.07, 6.45) is 7.40. The Balaban J connectivity index is 0.000000308. The van der Waals surface area contributed by atoms with Crippen LogP contribution in [0.15, 0.2) is 65.7 Å². The molecule has 1 N–H and O–H groups in total. The van der Waals surface area contributed by atoms with E-state index in [9.17, 15) is 4.79 Å². The Bertz CT molecular complexity index is 1350. The molecule has 4 heterocycles. The number of fused-ring (bicyclic) bond motifs is 1. The van der Waals surface area contributed by atoms with Gasteiger partial charge in [-0.05, 0) is 36.4 Å². The van der Waals surface area contributed by atoms with Crippen LogP contribution in [0.1, 0.15) is 10.7 Å². The zero-order valence-corrected chi connectivity index (χ0v) is 19.0. The van der Waals surface area contributed by atoms with Crippen molar-refractivity contribution in [1.29, 1.82) is 0 Å². The Morgan fingerprint density at radius 3 is 2.57 bits per heavy atom. The van der Waals surface area contributed by atoms with Gasteiger partial charge < -0.3 is 19.3 Å². The van der Waals surface area contributed by atoms with Crippen molar-refractivity contribution in [3.05, 3.63) is 67.1 Å². The molecule has 12 heteroatoms. The van der Waals surface area contributed by atoms with Crippen LogP contribution < -0.4 is 10.1 Å². The van der Waals surface area contributed by atoms with Gasteiger partial charge >= 0.3 is 0 Å². The summed E-state index contributed by atoms with van der Waals surface area (Å²) in [6, 6.07) is 11.0. The van der Waals surface area contributed by atoms with E-state index in [4.69, 9.17) is 14.0 Å². The number of benzene rings is 1. The molecular weight excluding hydrogens is 452 g/mol. The molecule has 12 nitrogen and oxygen atoms in total. The molecular formula is C23H22N8O4. The quantitative estimate of drug-likeness (QED) is 0.262. The molecule has 0 amide bonds. The number of carbonyl (C=O) groups is 1. The molecule has 0 saturated carbocycles. The summed E-state index contributed by atoms with van der Waals surface area (Å²) in [4.78, 5) is 27.2. The monoisotopic (exact) mass is 474 g/mol. The van der Waals surface area contributed by atoms with Crippen LogP contribution >= 0.6 is 0 Å². The molecule has 1 aromatic carbocycles. The van der Waals surface area contributed by atoms with Crippen molar-refractivity contribution in [2.75, 3.05) is 32.7 Å². The fourth-order valence-electron chi connectivity index (χ4n) is 3.00. The van der Waals surface area contributed by atoms with Crippen LogP contribution in [-0.4, -0.2) is 68.4 Å². The molecule has 0 radical (unpaired) electrons. The van der Waals surface area contributed by atoms with E-state index in [1.54, 1.807) is 49.4 Å². The highest BCUT2D eigenvalue weighted by Gasteiger charge is 2.14. The summed E-state index contributed by atoms with van der Waals surface area (Å²) < 4.78 is 17.3. The molecule has 0 spiro atoms. The Hall–Kier alpha value is -4.71. The number of aldehydes is 1. The molecule has 5 rings (SSSR count). The summed E-state index contributed by atoms with van der Waals surface area (Å²) >= 11 is 0. The highest BCUT2D eigenvalue weighted by Crippen LogP contribution is 2.30. The average molecular weight is 474 g/mol. The Morgan fingerprint density at radius 2 is 1.89 bits per heavy atom. The number of ether oxygens (including phenoxy) is 2. The van der Waals surface area contributed by atoms with E-state index >= 15 is 0 Å². The summed E-state index contributed by atoms with van der Waals surface area (Å²) in [5.41, 5.74) is 2.87. The first-order chi connectivity index (χ1) is 17.2. The van der Waals surface area contributed by atoms with Crippen LogP contribution in [0.3, 0.4) is 0 Å². The fourth-order valence-corrected chi connectivity index (χ4v) is 3.00. The molecule has 0 aliphatic rings. The van der Waals surface area contributed by atoms with E-state index in [1.807, 2.05) is 30.5 Å². The molecule has 0 aliphatic carbocycles. The lowest BCUT2D eigenvalue weighted by molar-refractivity contribution is 0.108. The lowest BCUT2D eigenvalue weighted by atomic mass is 10.1. The maximum atomic E-state index is 10.8. The molecule has 0 saturated heterocycles. The number of carbonyl (C=O) groups excluding carboxylic acids is 1. The number of rotatable bonds is 8. The molecule has 0 atom stereocenters. The molecule has 0 bridgehead atoms. The number of hydrogen-bond donors (Lipinski definition) is 1. The summed E-state index contributed by atoms with van der Waals surface area (Å²) in [7, 11) is 3.39. The summed E-state index contributed by atoms with van der Waals surface area (Å²) in [5, 5.41) is 10.9. The third kappa shape index (κ3) is 6.00. The van der Waals surface area contributed by atoms with E-state index in [0.717, 1.165) is 11.2 Å². The summed E-state index contributed by atoms with van der Waals surface area (Å²) in [6.45, 7) is 0.841. The number of imidazole rings is 1. The second-order valence-corrected chi connectivity index (χ2v) is 6.94. The minimum atomic E-state index is -0.0887. The van der Waals surface area contributed by atoms with Crippen molar-refractivity contribution in [1.82, 2.24) is 34.7 Å². The predicted molar refractivity (Wildman–Crippen MR) is 126 cm³/mol. The highest BCUT2D eigenvalue weighted by molar-refractivity contribution is 5.73. The van der Waals surface area contributed by atoms with Crippen molar-refractivity contribution in [3.63, 3.8) is 0 Å². The molecule has 5 aromatic rings. The van der Waals surface area contributed by atoms with Gasteiger partial charge in [0, 0.05) is 43.9 Å². The Kier molecular flexibility index (Phi) is 7.66. The van der Waals surface area contributed by atoms with E-state index in [1.165, 1.54) is 0 Å². The van der Waals surface area contributed by atoms with E-state index in [-0.39, 0.29) is 11.7 Å². The zero-order chi connectivity index (χ0) is 24.5. The van der Waals surface area contributed by atoms with Crippen LogP contribution in [0.2, 0.25) is 0 Å². The molecule has 35 heavy (non-hydrogen) atoms. The fraction of sp³-hybridized carbons (Fsp3) is 0.174. The number of anilines is 1. The average Bonchev–Trinajstić information content (AvgIpc) is 3.57. The largest absolute Gasteiger partial charge is 0.491 e. The van der Waals surface area contributed by atoms with Gasteiger partial charge in [0.05, 0.1) is 18.5 Å². The first kappa shape index (κ1) is 23.4. The number of methoxy groups -OCH3 is 1. The molecule has 4 aromatic heterocycles. The van der Waals surface area contributed by atoms with Crippen molar-refractivity contribution in [3.8, 4) is 28.4 Å². The number of hydrogen-bond acceptors (Lipinski definition) is 11. The topological polar surface area (TPSA) is 142 Å². The molecule has 0 fully saturated rings. The smallest absolute Gasteiger partial charge is 0.291 e. The van der Waals surface area contributed by atoms with E-state index in [0.29, 0.717) is 42.5 Å². The minimum absolute atomic E-state index is 0.0887. The van der Waals surface area contributed by atoms with Gasteiger partial charge in [-0.15, -0.1) is 0 Å². The van der Waals surface area contributed by atoms with Gasteiger partial charge in [-0.3, -0.25) is 4.79 Å². The predicted octanol–water partition coefficient (Wildman–Crippen LogP) is 2.80. The zero-order valence-electron chi connectivity index (χ0n) is 19.0. The Morgan fingerprint density at radius 1 is 1.06 bits per heavy atom. The first-order valence-corrected chi connectivity index (χ1v) is 10.5. The van der Waals surface area contributed by atoms with Gasteiger partial charge in [0.2, 0.25) is 18.1 Å². The maximum Gasteiger partial charge on any atom is 0.291 e. The maximum absolute atomic E-state index is 10.8. The van der Waals surface area contributed by atoms with Gasteiger partial charge in [-0.2, -0.15) is 10.1 Å². The third-order valence-corrected chi connectivity index (χ3v) is 4.59. The van der Waals surface area contributed by atoms with Crippen LogP contribution in [0.25, 0.3) is 28.3 Å². The van der Waals surface area contributed by atoms with E-state index in [2.05, 4.69) is 35.5 Å². The van der Waals surface area contributed by atoms with Crippen molar-refractivity contribution < 1.29 is 18.8 Å². The van der Waals surface area contributed by atoms with Crippen molar-refractivity contribution in [2.24, 2.45) is 0 Å². The van der Waals surface area contributed by atoms with Gasteiger partial charge in [-0.25, -0.2) is 19.5 Å². The highest BCUT2D eigenvalue weighted by atomic mass is 16.5. The molecule has 178 valence electrons. The number of nitrogens with one attached hydrogen (secondary N) is 1. The first-order valence-electron chi connectivity index (χ1n) is 10.5. The van der Waals surface area contributed by atoms with Gasteiger partial charge in [-0.1, -0.05) is 5.16 Å². The van der Waals surface area contributed by atoms with Gasteiger partial charge in [0.1, 0.15) is 12.4 Å². The Labute approximate surface area is 200 Å². The lowest BCUT2D eigenvalue weighted by Crippen LogP contribution is -2.04. The number of aromatic nitrogens is 7. The van der Waals surface area contributed by atoms with Crippen molar-refractivity contribution in [2.45, 2.75) is 0 Å². The standard InChI is InChI=1S/C18H15N5O4.C5H7N3/c1-25-5-6-26-14-8-12(15-10-23-16(20-15)3-2-4-19-23)7-13(9-14)18-21-17(11-24)27-22-18;1-6-5-7-3-2-4-8-5/h2-4,7-11H,5-6H2,1H3;2-4H,1H3,(H,6,7,8). The second kappa shape index (κ2) is 11.4. The van der Waals surface area contributed by atoms with Gasteiger partial charge in [0.25, 0.3) is 5.89 Å². The second-order valence-electron chi connectivity index (χ2n) is 6.94. The lowest BCUT2D eigenvalue weighted by Gasteiger charge is -2.09. The van der Waals surface area contributed by atoms with E-state index < -0.39 is 0 Å². The van der Waals surface area contributed by atoms with Crippen molar-refractivity contribution >= 4 is 17.9 Å². The minimum Gasteiger partial charge on any atom is -0.491 e. The summed E-state index contributed by atoms with van der Waals surface area (Å²) in [5.74, 6) is 1.46. The molecule has 0 aliphatic heterocycles.